The number of aromatic nitrogens is 2. The smallest absolute Gasteiger partial charge is 0.100 e. The zero-order valence-electron chi connectivity index (χ0n) is 9.81. The highest BCUT2D eigenvalue weighted by Gasteiger charge is 2.00. The topological polar surface area (TPSA) is 53.6 Å². The Morgan fingerprint density at radius 3 is 3.00 bits per heavy atom. The summed E-state index contributed by atoms with van der Waals surface area (Å²) in [6, 6.07) is 9.69. The van der Waals surface area contributed by atoms with Crippen LogP contribution in [0.25, 0.3) is 0 Å². The number of nitriles is 1. The summed E-state index contributed by atoms with van der Waals surface area (Å²) in [5, 5.41) is 16.3. The van der Waals surface area contributed by atoms with Gasteiger partial charge in [-0.15, -0.1) is 0 Å². The second-order valence-electron chi connectivity index (χ2n) is 3.86. The summed E-state index contributed by atoms with van der Waals surface area (Å²) < 4.78 is 2.73. The summed E-state index contributed by atoms with van der Waals surface area (Å²) in [4.78, 5) is 0. The lowest BCUT2D eigenvalue weighted by Gasteiger charge is -2.07. The first kappa shape index (κ1) is 12.7. The van der Waals surface area contributed by atoms with Crippen molar-refractivity contribution in [3.8, 4) is 6.07 Å². The molecule has 0 bridgehead atoms. The molecule has 0 saturated carbocycles. The van der Waals surface area contributed by atoms with Crippen molar-refractivity contribution in [1.82, 2.24) is 9.78 Å². The van der Waals surface area contributed by atoms with E-state index in [4.69, 9.17) is 5.26 Å². The van der Waals surface area contributed by atoms with Crippen LogP contribution in [0.15, 0.2) is 41.1 Å². The molecule has 0 radical (unpaired) electrons. The SMILES string of the molecule is N#Cc1ccc(NCCCn2cccn2)cc1Br. The van der Waals surface area contributed by atoms with Crippen molar-refractivity contribution in [3.05, 3.63) is 46.7 Å². The van der Waals surface area contributed by atoms with Crippen LogP contribution in [-0.4, -0.2) is 16.3 Å². The van der Waals surface area contributed by atoms with Crippen molar-refractivity contribution in [2.75, 3.05) is 11.9 Å². The maximum Gasteiger partial charge on any atom is 0.100 e. The van der Waals surface area contributed by atoms with E-state index in [9.17, 15) is 0 Å². The minimum Gasteiger partial charge on any atom is -0.385 e. The predicted molar refractivity (Wildman–Crippen MR) is 74.2 cm³/mol. The van der Waals surface area contributed by atoms with Gasteiger partial charge in [-0.3, -0.25) is 4.68 Å². The molecule has 0 amide bonds. The van der Waals surface area contributed by atoms with E-state index in [0.29, 0.717) is 5.56 Å². The standard InChI is InChI=1S/C13H13BrN4/c14-13-9-12(4-3-11(13)10-15)16-5-1-7-18-8-2-6-17-18/h2-4,6,8-9,16H,1,5,7H2. The predicted octanol–water partition coefficient (Wildman–Crippen LogP) is 3.02. The average Bonchev–Trinajstić information content (AvgIpc) is 2.88. The van der Waals surface area contributed by atoms with Crippen molar-refractivity contribution in [2.45, 2.75) is 13.0 Å². The minimum absolute atomic E-state index is 0.650. The van der Waals surface area contributed by atoms with Gasteiger partial charge in [0.25, 0.3) is 0 Å². The summed E-state index contributed by atoms with van der Waals surface area (Å²) in [6.07, 6.45) is 4.74. The molecule has 1 aromatic carbocycles. The van der Waals surface area contributed by atoms with E-state index < -0.39 is 0 Å². The molecular weight excluding hydrogens is 292 g/mol. The van der Waals surface area contributed by atoms with Gasteiger partial charge in [0, 0.05) is 35.6 Å². The van der Waals surface area contributed by atoms with Crippen molar-refractivity contribution in [3.63, 3.8) is 0 Å². The Hall–Kier alpha value is -1.80. The second-order valence-corrected chi connectivity index (χ2v) is 4.71. The Labute approximate surface area is 114 Å². The summed E-state index contributed by atoms with van der Waals surface area (Å²) in [6.45, 7) is 1.77. The van der Waals surface area contributed by atoms with Crippen molar-refractivity contribution in [2.24, 2.45) is 0 Å². The van der Waals surface area contributed by atoms with E-state index in [1.807, 2.05) is 29.1 Å². The van der Waals surface area contributed by atoms with Gasteiger partial charge in [-0.05, 0) is 46.6 Å². The van der Waals surface area contributed by atoms with Gasteiger partial charge in [-0.25, -0.2) is 0 Å². The summed E-state index contributed by atoms with van der Waals surface area (Å²) in [5.41, 5.74) is 1.67. The number of aryl methyl sites for hydroxylation is 1. The molecule has 0 spiro atoms. The Kier molecular flexibility index (Phi) is 4.37. The van der Waals surface area contributed by atoms with Gasteiger partial charge < -0.3 is 5.32 Å². The van der Waals surface area contributed by atoms with Crippen LogP contribution in [0.5, 0.6) is 0 Å². The quantitative estimate of drug-likeness (QED) is 0.864. The molecule has 0 aliphatic heterocycles. The van der Waals surface area contributed by atoms with Gasteiger partial charge in [0.2, 0.25) is 0 Å². The molecular formula is C13H13BrN4. The van der Waals surface area contributed by atoms with Crippen LogP contribution in [0.2, 0.25) is 0 Å². The van der Waals surface area contributed by atoms with Crippen LogP contribution in [-0.2, 0) is 6.54 Å². The maximum atomic E-state index is 8.82. The fraction of sp³-hybridized carbons (Fsp3) is 0.231. The molecule has 0 atom stereocenters. The molecule has 0 unspecified atom stereocenters. The molecule has 1 aromatic heterocycles. The summed E-state index contributed by atoms with van der Waals surface area (Å²) >= 11 is 3.37. The van der Waals surface area contributed by atoms with E-state index in [1.165, 1.54) is 0 Å². The number of halogens is 1. The normalized spacial score (nSPS) is 10.0. The fourth-order valence-corrected chi connectivity index (χ4v) is 2.09. The van der Waals surface area contributed by atoms with Crippen LogP contribution >= 0.6 is 15.9 Å². The molecule has 1 N–H and O–H groups in total. The van der Waals surface area contributed by atoms with Gasteiger partial charge in [-0.1, -0.05) is 0 Å². The third kappa shape index (κ3) is 3.34. The van der Waals surface area contributed by atoms with Crippen molar-refractivity contribution in [1.29, 1.82) is 5.26 Å². The Morgan fingerprint density at radius 1 is 1.44 bits per heavy atom. The molecule has 1 heterocycles. The highest BCUT2D eigenvalue weighted by molar-refractivity contribution is 9.10. The molecule has 4 nitrogen and oxygen atoms in total. The van der Waals surface area contributed by atoms with E-state index in [2.05, 4.69) is 32.4 Å². The van der Waals surface area contributed by atoms with Crippen molar-refractivity contribution < 1.29 is 0 Å². The number of anilines is 1. The third-order valence-corrected chi connectivity index (χ3v) is 3.20. The summed E-state index contributed by atoms with van der Waals surface area (Å²) in [5.74, 6) is 0. The molecule has 0 aliphatic carbocycles. The largest absolute Gasteiger partial charge is 0.385 e. The van der Waals surface area contributed by atoms with Gasteiger partial charge in [0.15, 0.2) is 0 Å². The van der Waals surface area contributed by atoms with Crippen molar-refractivity contribution >= 4 is 21.6 Å². The third-order valence-electron chi connectivity index (χ3n) is 2.54. The maximum absolute atomic E-state index is 8.82. The zero-order valence-corrected chi connectivity index (χ0v) is 11.4. The number of nitrogens with zero attached hydrogens (tertiary/aromatic N) is 3. The van der Waals surface area contributed by atoms with Crippen LogP contribution in [0.3, 0.4) is 0 Å². The van der Waals surface area contributed by atoms with E-state index in [1.54, 1.807) is 12.3 Å². The molecule has 92 valence electrons. The van der Waals surface area contributed by atoms with Crippen LogP contribution in [0.1, 0.15) is 12.0 Å². The van der Waals surface area contributed by atoms with E-state index in [0.717, 1.165) is 29.7 Å². The molecule has 5 heteroatoms. The highest BCUT2D eigenvalue weighted by atomic mass is 79.9. The van der Waals surface area contributed by atoms with Gasteiger partial charge >= 0.3 is 0 Å². The monoisotopic (exact) mass is 304 g/mol. The zero-order chi connectivity index (χ0) is 12.8. The molecule has 0 fully saturated rings. The average molecular weight is 305 g/mol. The minimum atomic E-state index is 0.650. The number of benzene rings is 1. The number of hydrogen-bond acceptors (Lipinski definition) is 3. The van der Waals surface area contributed by atoms with Gasteiger partial charge in [-0.2, -0.15) is 10.4 Å². The number of hydrogen-bond donors (Lipinski definition) is 1. The fourth-order valence-electron chi connectivity index (χ4n) is 1.62. The van der Waals surface area contributed by atoms with Gasteiger partial charge in [0.1, 0.15) is 6.07 Å². The van der Waals surface area contributed by atoms with E-state index >= 15 is 0 Å². The first-order chi connectivity index (χ1) is 8.79. The Balaban J connectivity index is 1.80. The number of nitrogens with one attached hydrogen (secondary N) is 1. The second kappa shape index (κ2) is 6.22. The lowest BCUT2D eigenvalue weighted by Crippen LogP contribution is -2.07. The van der Waals surface area contributed by atoms with Crippen LogP contribution < -0.4 is 5.32 Å². The van der Waals surface area contributed by atoms with Crippen LogP contribution in [0.4, 0.5) is 5.69 Å². The van der Waals surface area contributed by atoms with Gasteiger partial charge in [0.05, 0.1) is 5.56 Å². The molecule has 2 rings (SSSR count). The first-order valence-corrected chi connectivity index (χ1v) is 6.50. The summed E-state index contributed by atoms with van der Waals surface area (Å²) in [7, 11) is 0. The first-order valence-electron chi connectivity index (χ1n) is 5.70. The van der Waals surface area contributed by atoms with E-state index in [-0.39, 0.29) is 0 Å². The molecule has 18 heavy (non-hydrogen) atoms. The highest BCUT2D eigenvalue weighted by Crippen LogP contribution is 2.20. The Bertz CT molecular complexity index is 543. The van der Waals surface area contributed by atoms with Crippen LogP contribution in [0, 0.1) is 11.3 Å². The molecule has 2 aromatic rings. The Morgan fingerprint density at radius 2 is 2.33 bits per heavy atom. The lowest BCUT2D eigenvalue weighted by molar-refractivity contribution is 0.592. The molecule has 0 saturated heterocycles. The lowest BCUT2D eigenvalue weighted by atomic mass is 10.2. The number of rotatable bonds is 5. The molecule has 0 aliphatic rings.